The number of fused-ring (bicyclic) bond motifs is 1. The number of aromatic nitrogens is 1. The Morgan fingerprint density at radius 3 is 2.78 bits per heavy atom. The Bertz CT molecular complexity index is 780. The lowest BCUT2D eigenvalue weighted by Gasteiger charge is -2.16. The number of ketones is 2. The van der Waals surface area contributed by atoms with E-state index in [9.17, 15) is 9.59 Å². The molecule has 118 valence electrons. The van der Waals surface area contributed by atoms with Gasteiger partial charge in [-0.2, -0.15) is 0 Å². The molecule has 1 fully saturated rings. The monoisotopic (exact) mass is 312 g/mol. The molecule has 1 aliphatic carbocycles. The average molecular weight is 312 g/mol. The van der Waals surface area contributed by atoms with Gasteiger partial charge in [-0.1, -0.05) is 0 Å². The van der Waals surface area contributed by atoms with Crippen LogP contribution >= 0.6 is 0 Å². The van der Waals surface area contributed by atoms with Gasteiger partial charge in [0, 0.05) is 12.1 Å². The van der Waals surface area contributed by atoms with Crippen LogP contribution in [0.25, 0.3) is 11.7 Å². The standard InChI is InChI=1S/C17H16N2O4/c20-12-10-11(5-8-19-6-1-2-7-19)15(21)16-14(12)18-17(23-16)13-4-3-9-22-13/h3-4,9-10H,1-2,5-8H2. The highest BCUT2D eigenvalue weighted by molar-refractivity contribution is 6.22. The molecule has 0 unspecified atom stereocenters. The number of hydrogen-bond acceptors (Lipinski definition) is 6. The molecular formula is C17H16N2O4. The zero-order valence-corrected chi connectivity index (χ0v) is 12.6. The van der Waals surface area contributed by atoms with Gasteiger partial charge in [0.2, 0.25) is 17.3 Å². The summed E-state index contributed by atoms with van der Waals surface area (Å²) >= 11 is 0. The first-order valence-electron chi connectivity index (χ1n) is 7.79. The van der Waals surface area contributed by atoms with Crippen molar-refractivity contribution in [2.75, 3.05) is 19.6 Å². The fourth-order valence-electron chi connectivity index (χ4n) is 3.06. The summed E-state index contributed by atoms with van der Waals surface area (Å²) < 4.78 is 10.7. The predicted molar refractivity (Wildman–Crippen MR) is 81.2 cm³/mol. The first kappa shape index (κ1) is 14.1. The number of carbonyl (C=O) groups excluding carboxylic acids is 2. The molecule has 2 aromatic rings. The van der Waals surface area contributed by atoms with Gasteiger partial charge in [0.05, 0.1) is 6.26 Å². The Labute approximate surface area is 132 Å². The van der Waals surface area contributed by atoms with Gasteiger partial charge in [-0.25, -0.2) is 4.98 Å². The third kappa shape index (κ3) is 2.55. The minimum absolute atomic E-state index is 0.0281. The lowest BCUT2D eigenvalue weighted by atomic mass is 9.96. The quantitative estimate of drug-likeness (QED) is 0.864. The van der Waals surface area contributed by atoms with E-state index >= 15 is 0 Å². The minimum Gasteiger partial charge on any atom is -0.459 e. The summed E-state index contributed by atoms with van der Waals surface area (Å²) in [5.41, 5.74) is 0.572. The summed E-state index contributed by atoms with van der Waals surface area (Å²) in [4.78, 5) is 31.2. The zero-order chi connectivity index (χ0) is 15.8. The van der Waals surface area contributed by atoms with Crippen LogP contribution in [0.4, 0.5) is 0 Å². The maximum absolute atomic E-state index is 12.5. The number of hydrogen-bond donors (Lipinski definition) is 0. The lowest BCUT2D eigenvalue weighted by molar-refractivity contribution is 0.0958. The van der Waals surface area contributed by atoms with E-state index in [1.807, 2.05) is 0 Å². The van der Waals surface area contributed by atoms with Crippen LogP contribution < -0.4 is 0 Å². The third-order valence-electron chi connectivity index (χ3n) is 4.29. The van der Waals surface area contributed by atoms with Crippen molar-refractivity contribution >= 4 is 11.6 Å². The first-order chi connectivity index (χ1) is 11.2. The third-order valence-corrected chi connectivity index (χ3v) is 4.29. The van der Waals surface area contributed by atoms with Gasteiger partial charge in [0.1, 0.15) is 0 Å². The molecule has 0 saturated carbocycles. The zero-order valence-electron chi connectivity index (χ0n) is 12.6. The topological polar surface area (TPSA) is 76.6 Å². The summed E-state index contributed by atoms with van der Waals surface area (Å²) in [6.07, 6.45) is 5.84. The summed E-state index contributed by atoms with van der Waals surface area (Å²) in [5, 5.41) is 0. The molecule has 2 aromatic heterocycles. The van der Waals surface area contributed by atoms with Crippen molar-refractivity contribution in [3.8, 4) is 11.7 Å². The molecule has 0 aromatic carbocycles. The Balaban J connectivity index is 1.57. The van der Waals surface area contributed by atoms with E-state index in [1.165, 1.54) is 25.2 Å². The lowest BCUT2D eigenvalue weighted by Crippen LogP contribution is -2.24. The van der Waals surface area contributed by atoms with E-state index in [0.717, 1.165) is 19.6 Å². The van der Waals surface area contributed by atoms with Crippen LogP contribution in [0.1, 0.15) is 40.3 Å². The largest absolute Gasteiger partial charge is 0.459 e. The normalized spacial score (nSPS) is 18.3. The van der Waals surface area contributed by atoms with E-state index < -0.39 is 0 Å². The summed E-state index contributed by atoms with van der Waals surface area (Å²) in [5.74, 6) is 0.0662. The second kappa shape index (κ2) is 5.62. The van der Waals surface area contributed by atoms with Crippen LogP contribution in [-0.4, -0.2) is 41.1 Å². The van der Waals surface area contributed by atoms with Gasteiger partial charge < -0.3 is 13.7 Å². The number of carbonyl (C=O) groups is 2. The van der Waals surface area contributed by atoms with Gasteiger partial charge in [-0.15, -0.1) is 0 Å². The van der Waals surface area contributed by atoms with Crippen molar-refractivity contribution in [1.29, 1.82) is 0 Å². The van der Waals surface area contributed by atoms with Crippen LogP contribution in [0.5, 0.6) is 0 Å². The van der Waals surface area contributed by atoms with Crippen molar-refractivity contribution < 1.29 is 18.4 Å². The number of nitrogens with zero attached hydrogens (tertiary/aromatic N) is 2. The molecule has 0 bridgehead atoms. The highest BCUT2D eigenvalue weighted by Crippen LogP contribution is 2.28. The Hall–Kier alpha value is -2.47. The molecule has 1 saturated heterocycles. The van der Waals surface area contributed by atoms with E-state index in [0.29, 0.717) is 17.8 Å². The van der Waals surface area contributed by atoms with Gasteiger partial charge in [-0.3, -0.25) is 9.59 Å². The van der Waals surface area contributed by atoms with Crippen LogP contribution in [0.3, 0.4) is 0 Å². The molecule has 3 heterocycles. The van der Waals surface area contributed by atoms with Crippen LogP contribution in [0, 0.1) is 0 Å². The van der Waals surface area contributed by atoms with Crippen LogP contribution in [0.2, 0.25) is 0 Å². The van der Waals surface area contributed by atoms with Crippen molar-refractivity contribution in [1.82, 2.24) is 9.88 Å². The molecule has 23 heavy (non-hydrogen) atoms. The van der Waals surface area contributed by atoms with Crippen molar-refractivity contribution in [3.05, 3.63) is 41.5 Å². The van der Waals surface area contributed by atoms with Crippen molar-refractivity contribution in [3.63, 3.8) is 0 Å². The van der Waals surface area contributed by atoms with E-state index in [2.05, 4.69) is 9.88 Å². The van der Waals surface area contributed by atoms with Gasteiger partial charge in [-0.05, 0) is 50.6 Å². The molecule has 0 spiro atoms. The first-order valence-corrected chi connectivity index (χ1v) is 7.79. The molecule has 1 aliphatic heterocycles. The number of rotatable bonds is 4. The number of oxazole rings is 1. The van der Waals surface area contributed by atoms with E-state index in [4.69, 9.17) is 8.83 Å². The maximum atomic E-state index is 12.5. The summed E-state index contributed by atoms with van der Waals surface area (Å²) in [6, 6.07) is 3.37. The minimum atomic E-state index is -0.280. The second-order valence-electron chi connectivity index (χ2n) is 5.84. The Kier molecular flexibility index (Phi) is 3.46. The Morgan fingerprint density at radius 2 is 2.04 bits per heavy atom. The number of Topliss-reactive ketones (excluding diaryl/α,β-unsaturated/α-hetero) is 1. The fraction of sp³-hybridized carbons (Fsp3) is 0.353. The number of allylic oxidation sites excluding steroid dienone is 1. The summed E-state index contributed by atoms with van der Waals surface area (Å²) in [6.45, 7) is 2.91. The molecule has 6 heteroatoms. The molecule has 0 N–H and O–H groups in total. The van der Waals surface area contributed by atoms with Gasteiger partial charge in [0.25, 0.3) is 5.89 Å². The number of likely N-dealkylation sites (tertiary alicyclic amines) is 1. The van der Waals surface area contributed by atoms with Gasteiger partial charge in [0.15, 0.2) is 11.5 Å². The average Bonchev–Trinajstić information content (AvgIpc) is 3.30. The van der Waals surface area contributed by atoms with Crippen molar-refractivity contribution in [2.24, 2.45) is 0 Å². The molecule has 4 rings (SSSR count). The molecule has 6 nitrogen and oxygen atoms in total. The highest BCUT2D eigenvalue weighted by atomic mass is 16.4. The number of furan rings is 1. The van der Waals surface area contributed by atoms with E-state index in [1.54, 1.807) is 12.1 Å². The maximum Gasteiger partial charge on any atom is 0.264 e. The van der Waals surface area contributed by atoms with Crippen molar-refractivity contribution in [2.45, 2.75) is 19.3 Å². The SMILES string of the molecule is O=C1C=C(CCN2CCCC2)C(=O)c2oc(-c3ccco3)nc21. The van der Waals surface area contributed by atoms with Crippen LogP contribution in [-0.2, 0) is 0 Å². The smallest absolute Gasteiger partial charge is 0.264 e. The predicted octanol–water partition coefficient (Wildman–Crippen LogP) is 2.73. The molecule has 2 aliphatic rings. The van der Waals surface area contributed by atoms with Crippen LogP contribution in [0.15, 0.2) is 38.9 Å². The Morgan fingerprint density at radius 1 is 1.22 bits per heavy atom. The van der Waals surface area contributed by atoms with Gasteiger partial charge >= 0.3 is 0 Å². The molecule has 0 radical (unpaired) electrons. The molecule has 0 amide bonds. The summed E-state index contributed by atoms with van der Waals surface area (Å²) in [7, 11) is 0. The van der Waals surface area contributed by atoms with E-state index in [-0.39, 0.29) is 28.9 Å². The second-order valence-corrected chi connectivity index (χ2v) is 5.84. The molecule has 0 atom stereocenters. The highest BCUT2D eigenvalue weighted by Gasteiger charge is 2.32. The molecular weight excluding hydrogens is 296 g/mol. The fourth-order valence-corrected chi connectivity index (χ4v) is 3.06.